The van der Waals surface area contributed by atoms with E-state index in [2.05, 4.69) is 29.7 Å². The van der Waals surface area contributed by atoms with Crippen LogP contribution in [0.1, 0.15) is 30.5 Å². The van der Waals surface area contributed by atoms with Crippen LogP contribution in [-0.2, 0) is 16.0 Å². The van der Waals surface area contributed by atoms with Gasteiger partial charge in [-0.25, -0.2) is 0 Å². The van der Waals surface area contributed by atoms with Gasteiger partial charge in [-0.05, 0) is 48.2 Å². The molecule has 0 bridgehead atoms. The Bertz CT molecular complexity index is 762. The molecule has 0 aliphatic carbocycles. The summed E-state index contributed by atoms with van der Waals surface area (Å²) in [6.45, 7) is 5.42. The Morgan fingerprint density at radius 2 is 1.62 bits per heavy atom. The highest BCUT2D eigenvalue weighted by molar-refractivity contribution is 6.03. The first-order chi connectivity index (χ1) is 11.5. The zero-order valence-corrected chi connectivity index (χ0v) is 14.2. The maximum atomic E-state index is 12.1. The second kappa shape index (κ2) is 8.11. The third-order valence-electron chi connectivity index (χ3n) is 3.72. The molecule has 4 heteroatoms. The lowest BCUT2D eigenvalue weighted by molar-refractivity contribution is -0.114. The van der Waals surface area contributed by atoms with E-state index in [4.69, 9.17) is 0 Å². The Morgan fingerprint density at radius 1 is 1.00 bits per heavy atom. The Hall–Kier alpha value is -2.88. The smallest absolute Gasteiger partial charge is 0.248 e. The van der Waals surface area contributed by atoms with E-state index >= 15 is 0 Å². The molecule has 0 atom stereocenters. The largest absolute Gasteiger partial charge is 0.326 e. The Morgan fingerprint density at radius 3 is 2.21 bits per heavy atom. The van der Waals surface area contributed by atoms with Gasteiger partial charge in [0.25, 0.3) is 0 Å². The molecule has 2 rings (SSSR count). The number of hydrogen-bond donors (Lipinski definition) is 2. The van der Waals surface area contributed by atoms with Gasteiger partial charge in [0, 0.05) is 24.4 Å². The molecule has 0 heterocycles. The van der Waals surface area contributed by atoms with Gasteiger partial charge < -0.3 is 10.6 Å². The third-order valence-corrected chi connectivity index (χ3v) is 3.72. The monoisotopic (exact) mass is 322 g/mol. The number of anilines is 2. The third kappa shape index (κ3) is 4.81. The zero-order chi connectivity index (χ0) is 17.5. The predicted octanol–water partition coefficient (Wildman–Crippen LogP) is 4.17. The van der Waals surface area contributed by atoms with Crippen molar-refractivity contribution in [2.45, 2.75) is 27.2 Å². The molecule has 2 N–H and O–H groups in total. The molecule has 24 heavy (non-hydrogen) atoms. The average Bonchev–Trinajstić information content (AvgIpc) is 2.56. The lowest BCUT2D eigenvalue weighted by atomic mass is 10.1. The molecular formula is C20H22N2O2. The molecule has 0 saturated carbocycles. The fourth-order valence-corrected chi connectivity index (χ4v) is 2.31. The summed E-state index contributed by atoms with van der Waals surface area (Å²) in [7, 11) is 0. The molecule has 0 fully saturated rings. The summed E-state index contributed by atoms with van der Waals surface area (Å²) in [5, 5.41) is 5.59. The van der Waals surface area contributed by atoms with Gasteiger partial charge in [-0.1, -0.05) is 37.3 Å². The number of amides is 2. The van der Waals surface area contributed by atoms with Crippen LogP contribution >= 0.6 is 0 Å². The fourth-order valence-electron chi connectivity index (χ4n) is 2.31. The minimum Gasteiger partial charge on any atom is -0.326 e. The highest BCUT2D eigenvalue weighted by atomic mass is 16.2. The summed E-state index contributed by atoms with van der Waals surface area (Å²) in [5.74, 6) is -0.352. The van der Waals surface area contributed by atoms with Crippen molar-refractivity contribution >= 4 is 29.3 Å². The number of carbonyl (C=O) groups excluding carboxylic acids is 2. The Labute approximate surface area is 142 Å². The Kier molecular flexibility index (Phi) is 5.90. The number of hydrogen-bond acceptors (Lipinski definition) is 2. The molecule has 0 spiro atoms. The first-order valence-electron chi connectivity index (χ1n) is 7.94. The van der Waals surface area contributed by atoms with E-state index in [-0.39, 0.29) is 11.8 Å². The molecule has 2 aromatic rings. The predicted molar refractivity (Wildman–Crippen MR) is 99.0 cm³/mol. The second-order valence-corrected chi connectivity index (χ2v) is 5.58. The molecule has 2 aromatic carbocycles. The number of benzene rings is 2. The average molecular weight is 322 g/mol. The molecule has 2 amide bonds. The molecule has 0 aromatic heterocycles. The molecule has 0 aliphatic heterocycles. The van der Waals surface area contributed by atoms with Crippen molar-refractivity contribution in [3.05, 3.63) is 65.2 Å². The molecule has 0 saturated heterocycles. The van der Waals surface area contributed by atoms with E-state index in [1.165, 1.54) is 18.6 Å². The van der Waals surface area contributed by atoms with Crippen LogP contribution in [0, 0.1) is 6.92 Å². The van der Waals surface area contributed by atoms with Gasteiger partial charge in [0.2, 0.25) is 11.8 Å². The lowest BCUT2D eigenvalue weighted by Gasteiger charge is -2.11. The number of nitrogens with one attached hydrogen (secondary N) is 2. The van der Waals surface area contributed by atoms with E-state index in [1.807, 2.05) is 25.1 Å². The van der Waals surface area contributed by atoms with Crippen molar-refractivity contribution in [3.63, 3.8) is 0 Å². The standard InChI is InChI=1S/C20H22N2O2/c1-4-16-8-10-17(11-9-16)12-13-20(24)22-19-7-5-6-18(14(19)2)21-15(3)23/h5-13H,4H2,1-3H3,(H,21,23)(H,22,24)/b13-12+. The Balaban J connectivity index is 2.06. The van der Waals surface area contributed by atoms with Gasteiger partial charge in [-0.15, -0.1) is 0 Å². The number of rotatable bonds is 5. The van der Waals surface area contributed by atoms with Crippen molar-refractivity contribution in [3.8, 4) is 0 Å². The van der Waals surface area contributed by atoms with Gasteiger partial charge in [-0.2, -0.15) is 0 Å². The maximum Gasteiger partial charge on any atom is 0.248 e. The minimum atomic E-state index is -0.211. The van der Waals surface area contributed by atoms with Gasteiger partial charge in [0.1, 0.15) is 0 Å². The van der Waals surface area contributed by atoms with Gasteiger partial charge >= 0.3 is 0 Å². The summed E-state index contributed by atoms with van der Waals surface area (Å²) in [6.07, 6.45) is 4.28. The highest BCUT2D eigenvalue weighted by Crippen LogP contribution is 2.23. The van der Waals surface area contributed by atoms with E-state index in [0.29, 0.717) is 11.4 Å². The lowest BCUT2D eigenvalue weighted by Crippen LogP contribution is -2.12. The van der Waals surface area contributed by atoms with Crippen LogP contribution in [0.5, 0.6) is 0 Å². The van der Waals surface area contributed by atoms with Gasteiger partial charge in [0.15, 0.2) is 0 Å². The van der Waals surface area contributed by atoms with Crippen molar-refractivity contribution in [2.24, 2.45) is 0 Å². The van der Waals surface area contributed by atoms with Gasteiger partial charge in [0.05, 0.1) is 0 Å². The summed E-state index contributed by atoms with van der Waals surface area (Å²) < 4.78 is 0. The molecule has 0 radical (unpaired) electrons. The van der Waals surface area contributed by atoms with Crippen LogP contribution in [0.15, 0.2) is 48.5 Å². The maximum absolute atomic E-state index is 12.1. The summed E-state index contributed by atoms with van der Waals surface area (Å²) in [6, 6.07) is 13.5. The van der Waals surface area contributed by atoms with E-state index in [9.17, 15) is 9.59 Å². The topological polar surface area (TPSA) is 58.2 Å². The summed E-state index contributed by atoms with van der Waals surface area (Å²) in [5.41, 5.74) is 4.44. The van der Waals surface area contributed by atoms with Crippen LogP contribution in [0.3, 0.4) is 0 Å². The van der Waals surface area contributed by atoms with Crippen molar-refractivity contribution < 1.29 is 9.59 Å². The summed E-state index contributed by atoms with van der Waals surface area (Å²) in [4.78, 5) is 23.3. The second-order valence-electron chi connectivity index (χ2n) is 5.58. The van der Waals surface area contributed by atoms with Crippen molar-refractivity contribution in [1.82, 2.24) is 0 Å². The number of aryl methyl sites for hydroxylation is 1. The quantitative estimate of drug-likeness (QED) is 0.812. The first-order valence-corrected chi connectivity index (χ1v) is 7.94. The van der Waals surface area contributed by atoms with Crippen LogP contribution in [-0.4, -0.2) is 11.8 Å². The highest BCUT2D eigenvalue weighted by Gasteiger charge is 2.06. The fraction of sp³-hybridized carbons (Fsp3) is 0.200. The number of carbonyl (C=O) groups is 2. The van der Waals surface area contributed by atoms with Gasteiger partial charge in [-0.3, -0.25) is 9.59 Å². The van der Waals surface area contributed by atoms with Crippen LogP contribution in [0.2, 0.25) is 0 Å². The van der Waals surface area contributed by atoms with Crippen molar-refractivity contribution in [1.29, 1.82) is 0 Å². The van der Waals surface area contributed by atoms with E-state index in [1.54, 1.807) is 18.2 Å². The zero-order valence-electron chi connectivity index (χ0n) is 14.2. The molecule has 124 valence electrons. The van der Waals surface area contributed by atoms with Crippen LogP contribution in [0.4, 0.5) is 11.4 Å². The minimum absolute atomic E-state index is 0.142. The van der Waals surface area contributed by atoms with Crippen LogP contribution in [0.25, 0.3) is 6.08 Å². The first kappa shape index (κ1) is 17.5. The van der Waals surface area contributed by atoms with E-state index in [0.717, 1.165) is 17.5 Å². The van der Waals surface area contributed by atoms with E-state index < -0.39 is 0 Å². The SMILES string of the molecule is CCc1ccc(/C=C/C(=O)Nc2cccc(NC(C)=O)c2C)cc1. The molecule has 0 unspecified atom stereocenters. The summed E-state index contributed by atoms with van der Waals surface area (Å²) >= 11 is 0. The van der Waals surface area contributed by atoms with Crippen LogP contribution < -0.4 is 10.6 Å². The molecular weight excluding hydrogens is 300 g/mol. The molecule has 4 nitrogen and oxygen atoms in total. The molecule has 0 aliphatic rings. The van der Waals surface area contributed by atoms with Crippen molar-refractivity contribution in [2.75, 3.05) is 10.6 Å². The normalized spacial score (nSPS) is 10.6.